The van der Waals surface area contributed by atoms with Crippen molar-refractivity contribution in [2.24, 2.45) is 3.77 Å². The molecular weight excluding hydrogens is 283 g/mol. The fourth-order valence-electron chi connectivity index (χ4n) is 0.799. The highest BCUT2D eigenvalue weighted by Crippen LogP contribution is 2.15. The van der Waals surface area contributed by atoms with Crippen LogP contribution in [0.15, 0.2) is 27.0 Å². The van der Waals surface area contributed by atoms with Gasteiger partial charge in [-0.1, -0.05) is 15.4 Å². The Morgan fingerprint density at radius 1 is 1.33 bits per heavy atom. The van der Waals surface area contributed by atoms with Gasteiger partial charge in [0.2, 0.25) is 0 Å². The highest BCUT2D eigenvalue weighted by Gasteiger charge is 2.11. The topological polar surface area (TPSA) is 76.5 Å². The van der Waals surface area contributed by atoms with Crippen molar-refractivity contribution in [3.05, 3.63) is 23.5 Å². The molecule has 0 saturated carbocycles. The van der Waals surface area contributed by atoms with Gasteiger partial charge in [-0.3, -0.25) is 0 Å². The Morgan fingerprint density at radius 3 is 2.33 bits per heavy atom. The van der Waals surface area contributed by atoms with E-state index in [1.54, 1.807) is 0 Å². The molecule has 15 heavy (non-hydrogen) atoms. The zero-order valence-corrected chi connectivity index (χ0v) is 10.6. The van der Waals surface area contributed by atoms with Crippen LogP contribution < -0.4 is 0 Å². The Morgan fingerprint density at radius 2 is 1.93 bits per heavy atom. The molecule has 1 heterocycles. The Hall–Kier alpha value is -0.370. The van der Waals surface area contributed by atoms with E-state index in [1.165, 1.54) is 18.3 Å². The first-order valence-corrected chi connectivity index (χ1v) is 8.07. The van der Waals surface area contributed by atoms with Gasteiger partial charge < -0.3 is 0 Å². The van der Waals surface area contributed by atoms with Gasteiger partial charge >= 0.3 is 9.24 Å². The maximum absolute atomic E-state index is 11.8. The molecule has 0 aliphatic rings. The van der Waals surface area contributed by atoms with Gasteiger partial charge in [-0.15, -0.1) is 0 Å². The summed E-state index contributed by atoms with van der Waals surface area (Å²) in [4.78, 5) is 3.81. The van der Waals surface area contributed by atoms with Gasteiger partial charge in [-0.25, -0.2) is 9.19 Å². The molecule has 0 radical (unpaired) electrons. The minimum atomic E-state index is -4.18. The second-order valence-corrected chi connectivity index (χ2v) is 7.66. The Balaban J connectivity index is 3.36. The highest BCUT2D eigenvalue weighted by atomic mass is 35.7. The highest BCUT2D eigenvalue weighted by molar-refractivity contribution is 8.17. The molecular formula is C6H6Cl2N2O3S2. The largest absolute Gasteiger partial charge is 0.347 e. The minimum absolute atomic E-state index is 0.149. The molecule has 0 bridgehead atoms. The van der Waals surface area contributed by atoms with Gasteiger partial charge in [0.25, 0.3) is 0 Å². The molecule has 1 aromatic rings. The second-order valence-electron chi connectivity index (χ2n) is 2.61. The van der Waals surface area contributed by atoms with Gasteiger partial charge in [0.05, 0.1) is 14.6 Å². The van der Waals surface area contributed by atoms with Crippen LogP contribution in [0.25, 0.3) is 0 Å². The number of nitrogens with zero attached hydrogens (tertiary/aromatic N) is 2. The van der Waals surface area contributed by atoms with Crippen LogP contribution in [0.2, 0.25) is 5.15 Å². The van der Waals surface area contributed by atoms with Gasteiger partial charge in [0.15, 0.2) is 0 Å². The standard InChI is InChI=1S/C6H6Cl2N2O3S2/c1-14(11,10-15(8,12)13)5-2-3-6(7)9-4-5/h2-4H,1H3. The lowest BCUT2D eigenvalue weighted by atomic mass is 10.5. The second kappa shape index (κ2) is 4.25. The summed E-state index contributed by atoms with van der Waals surface area (Å²) in [6.07, 6.45) is 2.34. The van der Waals surface area contributed by atoms with Gasteiger partial charge in [-0.2, -0.15) is 8.42 Å². The monoisotopic (exact) mass is 288 g/mol. The zero-order chi connectivity index (χ0) is 11.7. The summed E-state index contributed by atoms with van der Waals surface area (Å²) in [7, 11) is -2.40. The molecule has 9 heteroatoms. The third kappa shape index (κ3) is 3.94. The first-order valence-electron chi connectivity index (χ1n) is 3.50. The third-order valence-corrected chi connectivity index (χ3v) is 5.07. The van der Waals surface area contributed by atoms with E-state index >= 15 is 0 Å². The molecule has 1 unspecified atom stereocenters. The van der Waals surface area contributed by atoms with Gasteiger partial charge in [0, 0.05) is 23.1 Å². The smallest absolute Gasteiger partial charge is 0.244 e. The van der Waals surface area contributed by atoms with Crippen LogP contribution in [-0.2, 0) is 19.0 Å². The molecule has 0 aromatic carbocycles. The predicted octanol–water partition coefficient (Wildman–Crippen LogP) is 1.68. The molecule has 1 rings (SSSR count). The number of aromatic nitrogens is 1. The summed E-state index contributed by atoms with van der Waals surface area (Å²) in [5.74, 6) is 0. The lowest BCUT2D eigenvalue weighted by Gasteiger charge is -2.01. The summed E-state index contributed by atoms with van der Waals surface area (Å²) in [6.45, 7) is 0. The zero-order valence-electron chi connectivity index (χ0n) is 7.42. The van der Waals surface area contributed by atoms with Crippen molar-refractivity contribution in [3.63, 3.8) is 0 Å². The molecule has 0 fully saturated rings. The first kappa shape index (κ1) is 12.7. The molecule has 1 aromatic heterocycles. The number of rotatable bonds is 2. The maximum atomic E-state index is 11.8. The molecule has 5 nitrogen and oxygen atoms in total. The summed E-state index contributed by atoms with van der Waals surface area (Å²) in [5, 5.41) is 0.211. The van der Waals surface area contributed by atoms with Gasteiger partial charge in [-0.05, 0) is 12.1 Å². The Labute approximate surface area is 97.2 Å². The summed E-state index contributed by atoms with van der Waals surface area (Å²) in [5.41, 5.74) is 0. The normalized spacial score (nSPS) is 15.7. The van der Waals surface area contributed by atoms with E-state index in [4.69, 9.17) is 22.3 Å². The SMILES string of the molecule is CS(=O)(=NS(=O)(=O)Cl)c1ccc(Cl)nc1. The number of hydrogen-bond donors (Lipinski definition) is 0. The fourth-order valence-corrected chi connectivity index (χ4v) is 4.15. The van der Waals surface area contributed by atoms with Gasteiger partial charge in [0.1, 0.15) is 5.15 Å². The molecule has 0 aliphatic carbocycles. The Bertz CT molecular complexity index is 573. The molecule has 0 N–H and O–H groups in total. The van der Waals surface area contributed by atoms with Crippen LogP contribution in [0.4, 0.5) is 0 Å². The molecule has 0 saturated heterocycles. The van der Waals surface area contributed by atoms with Crippen molar-refractivity contribution in [3.8, 4) is 0 Å². The molecule has 1 atom stereocenters. The fraction of sp³-hybridized carbons (Fsp3) is 0.167. The van der Waals surface area contributed by atoms with Crippen LogP contribution in [0, 0.1) is 0 Å². The van der Waals surface area contributed by atoms with Crippen molar-refractivity contribution in [2.45, 2.75) is 4.90 Å². The van der Waals surface area contributed by atoms with Crippen LogP contribution >= 0.6 is 22.3 Å². The van der Waals surface area contributed by atoms with E-state index in [0.717, 1.165) is 6.26 Å². The van der Waals surface area contributed by atoms with E-state index < -0.39 is 19.0 Å². The van der Waals surface area contributed by atoms with E-state index in [1.807, 2.05) is 0 Å². The molecule has 84 valence electrons. The lowest BCUT2D eigenvalue weighted by molar-refractivity contribution is 0.611. The predicted molar refractivity (Wildman–Crippen MR) is 58.8 cm³/mol. The van der Waals surface area contributed by atoms with Crippen LogP contribution in [0.3, 0.4) is 0 Å². The van der Waals surface area contributed by atoms with Crippen molar-refractivity contribution >= 4 is 41.2 Å². The number of pyridine rings is 1. The van der Waals surface area contributed by atoms with E-state index in [2.05, 4.69) is 8.75 Å². The third-order valence-electron chi connectivity index (χ3n) is 1.37. The molecule has 0 aliphatic heterocycles. The van der Waals surface area contributed by atoms with Crippen molar-refractivity contribution in [1.29, 1.82) is 0 Å². The number of halogens is 2. The minimum Gasteiger partial charge on any atom is -0.244 e. The van der Waals surface area contributed by atoms with E-state index in [9.17, 15) is 12.6 Å². The van der Waals surface area contributed by atoms with Crippen LogP contribution in [0.5, 0.6) is 0 Å². The van der Waals surface area contributed by atoms with Crippen molar-refractivity contribution in [2.75, 3.05) is 6.26 Å². The maximum Gasteiger partial charge on any atom is 0.347 e. The summed E-state index contributed by atoms with van der Waals surface area (Å²) in [6, 6.07) is 2.76. The Kier molecular flexibility index (Phi) is 3.59. The average molecular weight is 289 g/mol. The van der Waals surface area contributed by atoms with E-state index in [-0.39, 0.29) is 10.0 Å². The van der Waals surface area contributed by atoms with E-state index in [0.29, 0.717) is 0 Å². The quantitative estimate of drug-likeness (QED) is 0.613. The van der Waals surface area contributed by atoms with Crippen LogP contribution in [-0.4, -0.2) is 23.9 Å². The molecule has 0 amide bonds. The summed E-state index contributed by atoms with van der Waals surface area (Å²) < 4.78 is 36.1. The lowest BCUT2D eigenvalue weighted by Crippen LogP contribution is -2.00. The molecule has 0 spiro atoms. The number of hydrogen-bond acceptors (Lipinski definition) is 4. The van der Waals surface area contributed by atoms with Crippen LogP contribution in [0.1, 0.15) is 0 Å². The van der Waals surface area contributed by atoms with Crippen molar-refractivity contribution < 1.29 is 12.6 Å². The first-order chi connectivity index (χ1) is 6.71. The average Bonchev–Trinajstić information content (AvgIpc) is 2.00. The summed E-state index contributed by atoms with van der Waals surface area (Å²) >= 11 is 5.52. The van der Waals surface area contributed by atoms with Crippen molar-refractivity contribution in [1.82, 2.24) is 4.98 Å².